The van der Waals surface area contributed by atoms with E-state index in [1.165, 1.54) is 25.7 Å². The summed E-state index contributed by atoms with van der Waals surface area (Å²) in [6.45, 7) is 0.172. The minimum atomic E-state index is 0.0949. The van der Waals surface area contributed by atoms with E-state index in [-0.39, 0.29) is 12.5 Å². The van der Waals surface area contributed by atoms with Crippen molar-refractivity contribution in [2.24, 2.45) is 0 Å². The van der Waals surface area contributed by atoms with Crippen LogP contribution in [0.2, 0.25) is 0 Å². The number of halogens is 1. The number of benzene rings is 1. The quantitative estimate of drug-likeness (QED) is 0.733. The van der Waals surface area contributed by atoms with Crippen molar-refractivity contribution >= 4 is 27.5 Å². The van der Waals surface area contributed by atoms with E-state index >= 15 is 0 Å². The van der Waals surface area contributed by atoms with Gasteiger partial charge in [-0.1, -0.05) is 41.6 Å². The molecule has 19 heavy (non-hydrogen) atoms. The van der Waals surface area contributed by atoms with Crippen LogP contribution >= 0.6 is 15.9 Å². The number of anilines is 1. The summed E-state index contributed by atoms with van der Waals surface area (Å²) >= 11 is 3.48. The molecular formula is C15H18BrNO2. The zero-order chi connectivity index (χ0) is 13.2. The summed E-state index contributed by atoms with van der Waals surface area (Å²) < 4.78 is 6.52. The molecule has 1 heterocycles. The normalized spacial score (nSPS) is 20.7. The van der Waals surface area contributed by atoms with Crippen LogP contribution in [0.3, 0.4) is 0 Å². The van der Waals surface area contributed by atoms with Crippen LogP contribution in [0.25, 0.3) is 0 Å². The highest BCUT2D eigenvalue weighted by Gasteiger charge is 2.31. The van der Waals surface area contributed by atoms with Gasteiger partial charge in [0.15, 0.2) is 6.61 Å². The van der Waals surface area contributed by atoms with Crippen molar-refractivity contribution in [3.05, 3.63) is 22.7 Å². The number of nitrogens with zero attached hydrogens (tertiary/aromatic N) is 1. The average Bonchev–Trinajstić information content (AvgIpc) is 2.67. The molecule has 0 bridgehead atoms. The molecule has 3 nitrogen and oxygen atoms in total. The van der Waals surface area contributed by atoms with Crippen LogP contribution in [0.4, 0.5) is 5.69 Å². The minimum absolute atomic E-state index is 0.0949. The lowest BCUT2D eigenvalue weighted by molar-refractivity contribution is -0.121. The fourth-order valence-electron chi connectivity index (χ4n) is 3.06. The van der Waals surface area contributed by atoms with Gasteiger partial charge in [0.25, 0.3) is 5.91 Å². The van der Waals surface area contributed by atoms with Gasteiger partial charge in [-0.15, -0.1) is 0 Å². The van der Waals surface area contributed by atoms with E-state index in [1.54, 1.807) is 0 Å². The lowest BCUT2D eigenvalue weighted by Gasteiger charge is -2.35. The zero-order valence-corrected chi connectivity index (χ0v) is 12.5. The molecule has 1 aliphatic carbocycles. The fourth-order valence-corrected chi connectivity index (χ4v) is 3.41. The maximum atomic E-state index is 12.3. The number of hydrogen-bond acceptors (Lipinski definition) is 2. The summed E-state index contributed by atoms with van der Waals surface area (Å²) in [6.07, 6.45) is 7.24. The molecule has 3 rings (SSSR count). The van der Waals surface area contributed by atoms with Gasteiger partial charge in [0.05, 0.1) is 5.69 Å². The minimum Gasteiger partial charge on any atom is -0.482 e. The van der Waals surface area contributed by atoms with Crippen molar-refractivity contribution in [1.82, 2.24) is 0 Å². The van der Waals surface area contributed by atoms with Crippen LogP contribution < -0.4 is 9.64 Å². The molecule has 0 saturated heterocycles. The summed E-state index contributed by atoms with van der Waals surface area (Å²) in [6, 6.07) is 6.24. The number of fused-ring (bicyclic) bond motifs is 1. The number of carbonyl (C=O) groups excluding carboxylic acids is 1. The largest absolute Gasteiger partial charge is 0.482 e. The summed E-state index contributed by atoms with van der Waals surface area (Å²) in [5.41, 5.74) is 0.928. The number of ether oxygens (including phenoxy) is 1. The van der Waals surface area contributed by atoms with E-state index in [0.29, 0.717) is 6.04 Å². The summed E-state index contributed by atoms with van der Waals surface area (Å²) in [4.78, 5) is 14.2. The van der Waals surface area contributed by atoms with Gasteiger partial charge < -0.3 is 9.64 Å². The van der Waals surface area contributed by atoms with Crippen LogP contribution in [-0.2, 0) is 4.79 Å². The molecular weight excluding hydrogens is 306 g/mol. The molecule has 2 aliphatic rings. The Morgan fingerprint density at radius 2 is 1.89 bits per heavy atom. The van der Waals surface area contributed by atoms with Crippen molar-refractivity contribution in [2.45, 2.75) is 44.6 Å². The van der Waals surface area contributed by atoms with Crippen molar-refractivity contribution in [2.75, 3.05) is 11.5 Å². The predicted molar refractivity (Wildman–Crippen MR) is 78.6 cm³/mol. The molecule has 0 aromatic heterocycles. The van der Waals surface area contributed by atoms with Gasteiger partial charge in [-0.3, -0.25) is 4.79 Å². The van der Waals surface area contributed by atoms with E-state index in [0.717, 1.165) is 28.8 Å². The van der Waals surface area contributed by atoms with Gasteiger partial charge in [0, 0.05) is 10.5 Å². The monoisotopic (exact) mass is 323 g/mol. The first-order valence-corrected chi connectivity index (χ1v) is 7.79. The Hall–Kier alpha value is -1.03. The molecule has 4 heteroatoms. The first-order valence-electron chi connectivity index (χ1n) is 7.00. The summed E-state index contributed by atoms with van der Waals surface area (Å²) in [7, 11) is 0. The molecule has 102 valence electrons. The van der Waals surface area contributed by atoms with E-state index < -0.39 is 0 Å². The highest BCUT2D eigenvalue weighted by Crippen LogP contribution is 2.38. The standard InChI is InChI=1S/C15H18BrNO2/c16-11-7-8-14-13(9-11)17(15(18)10-19-14)12-5-3-1-2-4-6-12/h7-9,12H,1-6,10H2. The van der Waals surface area contributed by atoms with E-state index in [9.17, 15) is 4.79 Å². The Balaban J connectivity index is 1.95. The molecule has 1 aliphatic heterocycles. The second-order valence-corrected chi connectivity index (χ2v) is 6.23. The third-order valence-electron chi connectivity index (χ3n) is 3.99. The molecule has 0 atom stereocenters. The van der Waals surface area contributed by atoms with Crippen molar-refractivity contribution in [3.63, 3.8) is 0 Å². The Kier molecular flexibility index (Phi) is 3.78. The smallest absolute Gasteiger partial charge is 0.265 e. The molecule has 0 radical (unpaired) electrons. The zero-order valence-electron chi connectivity index (χ0n) is 10.9. The fraction of sp³-hybridized carbons (Fsp3) is 0.533. The molecule has 0 unspecified atom stereocenters. The lowest BCUT2D eigenvalue weighted by atomic mass is 10.0. The van der Waals surface area contributed by atoms with Gasteiger partial charge in [-0.05, 0) is 31.0 Å². The molecule has 0 spiro atoms. The Morgan fingerprint density at radius 3 is 2.63 bits per heavy atom. The molecule has 0 N–H and O–H groups in total. The van der Waals surface area contributed by atoms with E-state index in [2.05, 4.69) is 15.9 Å². The van der Waals surface area contributed by atoms with Crippen molar-refractivity contribution < 1.29 is 9.53 Å². The summed E-state index contributed by atoms with van der Waals surface area (Å²) in [5.74, 6) is 0.921. The SMILES string of the molecule is O=C1COc2ccc(Br)cc2N1C1CCCCCC1. The second-order valence-electron chi connectivity index (χ2n) is 5.31. The maximum absolute atomic E-state index is 12.3. The van der Waals surface area contributed by atoms with E-state index in [4.69, 9.17) is 4.74 Å². The number of carbonyl (C=O) groups is 1. The highest BCUT2D eigenvalue weighted by atomic mass is 79.9. The van der Waals surface area contributed by atoms with Crippen LogP contribution in [0.5, 0.6) is 5.75 Å². The van der Waals surface area contributed by atoms with Crippen LogP contribution in [-0.4, -0.2) is 18.6 Å². The Morgan fingerprint density at radius 1 is 1.16 bits per heavy atom. The lowest BCUT2D eigenvalue weighted by Crippen LogP contribution is -2.45. The third kappa shape index (κ3) is 2.64. The number of hydrogen-bond donors (Lipinski definition) is 0. The summed E-state index contributed by atoms with van der Waals surface area (Å²) in [5, 5.41) is 0. The topological polar surface area (TPSA) is 29.5 Å². The van der Waals surface area contributed by atoms with Crippen LogP contribution in [0, 0.1) is 0 Å². The molecule has 1 aromatic rings. The molecule has 1 fully saturated rings. The third-order valence-corrected chi connectivity index (χ3v) is 4.48. The van der Waals surface area contributed by atoms with Gasteiger partial charge in [-0.2, -0.15) is 0 Å². The van der Waals surface area contributed by atoms with Gasteiger partial charge in [0.1, 0.15) is 5.75 Å². The maximum Gasteiger partial charge on any atom is 0.265 e. The first-order chi connectivity index (χ1) is 9.25. The predicted octanol–water partition coefficient (Wildman–Crippen LogP) is 3.90. The van der Waals surface area contributed by atoms with Crippen molar-refractivity contribution in [3.8, 4) is 5.75 Å². The average molecular weight is 324 g/mol. The second kappa shape index (κ2) is 5.53. The first kappa shape index (κ1) is 13.0. The van der Waals surface area contributed by atoms with E-state index in [1.807, 2.05) is 23.1 Å². The Bertz CT molecular complexity index is 481. The van der Waals surface area contributed by atoms with Crippen molar-refractivity contribution in [1.29, 1.82) is 0 Å². The van der Waals surface area contributed by atoms with Crippen LogP contribution in [0.1, 0.15) is 38.5 Å². The number of amides is 1. The van der Waals surface area contributed by atoms with Crippen LogP contribution in [0.15, 0.2) is 22.7 Å². The highest BCUT2D eigenvalue weighted by molar-refractivity contribution is 9.10. The van der Waals surface area contributed by atoms with Gasteiger partial charge in [-0.25, -0.2) is 0 Å². The molecule has 1 aromatic carbocycles. The Labute approximate surface area is 122 Å². The van der Waals surface area contributed by atoms with Gasteiger partial charge >= 0.3 is 0 Å². The van der Waals surface area contributed by atoms with Gasteiger partial charge in [0.2, 0.25) is 0 Å². The number of rotatable bonds is 1. The molecule has 1 amide bonds. The molecule has 1 saturated carbocycles.